The maximum absolute atomic E-state index is 11.3. The topological polar surface area (TPSA) is 68.0 Å². The van der Waals surface area contributed by atoms with Crippen molar-refractivity contribution >= 4 is 16.7 Å². The predicted octanol–water partition coefficient (Wildman–Crippen LogP) is 3.00. The smallest absolute Gasteiger partial charge is 0.358 e. The van der Waals surface area contributed by atoms with Crippen LogP contribution >= 0.6 is 0 Å². The summed E-state index contributed by atoms with van der Waals surface area (Å²) in [6, 6.07) is 14.0. The van der Waals surface area contributed by atoms with E-state index in [1.54, 1.807) is 4.68 Å². The maximum atomic E-state index is 11.3. The quantitative estimate of drug-likeness (QED) is 0.800. The van der Waals surface area contributed by atoms with Gasteiger partial charge in [0.2, 0.25) is 0 Å². The van der Waals surface area contributed by atoms with E-state index in [0.717, 1.165) is 35.0 Å². The van der Waals surface area contributed by atoms with Crippen LogP contribution in [0.2, 0.25) is 0 Å². The zero-order valence-corrected chi connectivity index (χ0v) is 11.2. The molecule has 2 aromatic carbocycles. The van der Waals surface area contributed by atoms with Gasteiger partial charge in [0.15, 0.2) is 5.69 Å². The molecule has 1 fully saturated rings. The first-order valence-electron chi connectivity index (χ1n) is 6.92. The fraction of sp³-hybridized carbons (Fsp3) is 0.188. The number of fused-ring (bicyclic) bond motifs is 1. The molecule has 1 N–H and O–H groups in total. The average Bonchev–Trinajstić information content (AvgIpc) is 3.24. The van der Waals surface area contributed by atoms with Gasteiger partial charge >= 0.3 is 5.97 Å². The Hall–Kier alpha value is -2.69. The Labute approximate surface area is 120 Å². The van der Waals surface area contributed by atoms with Gasteiger partial charge in [-0.15, -0.1) is 5.10 Å². The van der Waals surface area contributed by atoms with E-state index in [-0.39, 0.29) is 11.6 Å². The minimum atomic E-state index is -1.01. The third kappa shape index (κ3) is 1.98. The van der Waals surface area contributed by atoms with Gasteiger partial charge in [0.05, 0.1) is 11.4 Å². The lowest BCUT2D eigenvalue weighted by atomic mass is 10.1. The Bertz CT molecular complexity index is 850. The predicted molar refractivity (Wildman–Crippen MR) is 77.8 cm³/mol. The first-order chi connectivity index (χ1) is 10.2. The molecule has 5 heteroatoms. The van der Waals surface area contributed by atoms with Crippen LogP contribution in [-0.4, -0.2) is 26.1 Å². The van der Waals surface area contributed by atoms with Crippen molar-refractivity contribution in [2.75, 3.05) is 0 Å². The lowest BCUT2D eigenvalue weighted by Crippen LogP contribution is -2.05. The number of aromatic carboxylic acids is 1. The van der Waals surface area contributed by atoms with Gasteiger partial charge in [-0.1, -0.05) is 35.5 Å². The summed E-state index contributed by atoms with van der Waals surface area (Å²) in [5.41, 5.74) is 1.65. The highest BCUT2D eigenvalue weighted by Gasteiger charge is 2.34. The van der Waals surface area contributed by atoms with E-state index in [1.165, 1.54) is 0 Å². The van der Waals surface area contributed by atoms with Gasteiger partial charge in [0, 0.05) is 5.92 Å². The summed E-state index contributed by atoms with van der Waals surface area (Å²) >= 11 is 0. The second kappa shape index (κ2) is 4.41. The SMILES string of the molecule is O=C(O)c1nnn(-c2ccc3ccccc3c2)c1C1CC1. The molecule has 0 spiro atoms. The highest BCUT2D eigenvalue weighted by molar-refractivity contribution is 5.87. The highest BCUT2D eigenvalue weighted by Crippen LogP contribution is 2.42. The largest absolute Gasteiger partial charge is 0.476 e. The number of hydrogen-bond acceptors (Lipinski definition) is 3. The summed E-state index contributed by atoms with van der Waals surface area (Å²) in [6.45, 7) is 0. The molecule has 0 amide bonds. The zero-order valence-electron chi connectivity index (χ0n) is 11.2. The second-order valence-electron chi connectivity index (χ2n) is 5.35. The minimum Gasteiger partial charge on any atom is -0.476 e. The van der Waals surface area contributed by atoms with Crippen molar-refractivity contribution in [2.45, 2.75) is 18.8 Å². The van der Waals surface area contributed by atoms with Crippen LogP contribution in [0.4, 0.5) is 0 Å². The van der Waals surface area contributed by atoms with Gasteiger partial charge in [-0.25, -0.2) is 9.48 Å². The number of aromatic nitrogens is 3. The zero-order chi connectivity index (χ0) is 14.4. The van der Waals surface area contributed by atoms with Crippen molar-refractivity contribution in [3.05, 3.63) is 53.9 Å². The number of carbonyl (C=O) groups is 1. The van der Waals surface area contributed by atoms with Gasteiger partial charge in [0.1, 0.15) is 0 Å². The summed E-state index contributed by atoms with van der Waals surface area (Å²) in [4.78, 5) is 11.3. The van der Waals surface area contributed by atoms with Crippen LogP contribution < -0.4 is 0 Å². The highest BCUT2D eigenvalue weighted by atomic mass is 16.4. The molecule has 5 nitrogen and oxygen atoms in total. The molecule has 0 saturated heterocycles. The molecule has 104 valence electrons. The summed E-state index contributed by atoms with van der Waals surface area (Å²) in [7, 11) is 0. The molecule has 1 aromatic heterocycles. The molecular weight excluding hydrogens is 266 g/mol. The molecule has 0 unspecified atom stereocenters. The number of benzene rings is 2. The van der Waals surface area contributed by atoms with Crippen LogP contribution in [0.15, 0.2) is 42.5 Å². The molecular formula is C16H13N3O2. The van der Waals surface area contributed by atoms with Crippen LogP contribution in [0.3, 0.4) is 0 Å². The summed E-state index contributed by atoms with van der Waals surface area (Å²) in [5.74, 6) is -0.749. The molecule has 1 heterocycles. The summed E-state index contributed by atoms with van der Waals surface area (Å²) < 4.78 is 1.67. The first kappa shape index (κ1) is 12.1. The number of hydrogen-bond donors (Lipinski definition) is 1. The normalized spacial score (nSPS) is 14.5. The van der Waals surface area contributed by atoms with Gasteiger partial charge < -0.3 is 5.11 Å². The molecule has 3 aromatic rings. The minimum absolute atomic E-state index is 0.0747. The fourth-order valence-electron chi connectivity index (χ4n) is 2.66. The van der Waals surface area contributed by atoms with E-state index < -0.39 is 5.97 Å². The van der Waals surface area contributed by atoms with Crippen LogP contribution in [0.5, 0.6) is 0 Å². The molecule has 4 rings (SSSR count). The van der Waals surface area contributed by atoms with Gasteiger partial charge in [0.25, 0.3) is 0 Å². The second-order valence-corrected chi connectivity index (χ2v) is 5.35. The fourth-order valence-corrected chi connectivity index (χ4v) is 2.66. The van der Waals surface area contributed by atoms with E-state index in [1.807, 2.05) is 42.5 Å². The maximum Gasteiger partial charge on any atom is 0.358 e. The van der Waals surface area contributed by atoms with E-state index in [4.69, 9.17) is 0 Å². The third-order valence-electron chi connectivity index (χ3n) is 3.85. The van der Waals surface area contributed by atoms with Crippen molar-refractivity contribution in [2.24, 2.45) is 0 Å². The van der Waals surface area contributed by atoms with Crippen LogP contribution in [-0.2, 0) is 0 Å². The Morgan fingerprint density at radius 3 is 2.62 bits per heavy atom. The van der Waals surface area contributed by atoms with Gasteiger partial charge in [-0.2, -0.15) is 0 Å². The molecule has 0 radical (unpaired) electrons. The van der Waals surface area contributed by atoms with Crippen molar-refractivity contribution < 1.29 is 9.90 Å². The van der Waals surface area contributed by atoms with E-state index in [9.17, 15) is 9.90 Å². The van der Waals surface area contributed by atoms with Crippen molar-refractivity contribution in [1.29, 1.82) is 0 Å². The van der Waals surface area contributed by atoms with Crippen molar-refractivity contribution in [3.63, 3.8) is 0 Å². The third-order valence-corrected chi connectivity index (χ3v) is 3.85. The monoisotopic (exact) mass is 279 g/mol. The standard InChI is InChI=1S/C16H13N3O2/c20-16(21)14-15(11-5-6-11)19(18-17-14)13-8-7-10-3-1-2-4-12(10)9-13/h1-4,7-9,11H,5-6H2,(H,20,21). The van der Waals surface area contributed by atoms with E-state index in [2.05, 4.69) is 10.3 Å². The number of rotatable bonds is 3. The summed E-state index contributed by atoms with van der Waals surface area (Å²) in [5, 5.41) is 19.4. The molecule has 1 saturated carbocycles. The van der Waals surface area contributed by atoms with Crippen molar-refractivity contribution in [1.82, 2.24) is 15.0 Å². The van der Waals surface area contributed by atoms with Gasteiger partial charge in [-0.05, 0) is 35.7 Å². The Kier molecular flexibility index (Phi) is 2.54. The molecule has 0 atom stereocenters. The van der Waals surface area contributed by atoms with Crippen LogP contribution in [0.25, 0.3) is 16.5 Å². The molecule has 21 heavy (non-hydrogen) atoms. The lowest BCUT2D eigenvalue weighted by molar-refractivity contribution is 0.0689. The molecule has 1 aliphatic carbocycles. The van der Waals surface area contributed by atoms with Crippen LogP contribution in [0.1, 0.15) is 34.9 Å². The Morgan fingerprint density at radius 1 is 1.14 bits per heavy atom. The number of nitrogens with zero attached hydrogens (tertiary/aromatic N) is 3. The lowest BCUT2D eigenvalue weighted by Gasteiger charge is -2.07. The number of carboxylic acid groups (broad SMARTS) is 1. The van der Waals surface area contributed by atoms with Crippen LogP contribution in [0, 0.1) is 0 Å². The van der Waals surface area contributed by atoms with E-state index >= 15 is 0 Å². The summed E-state index contributed by atoms with van der Waals surface area (Å²) in [6.07, 6.45) is 2.00. The molecule has 0 aliphatic heterocycles. The first-order valence-corrected chi connectivity index (χ1v) is 6.92. The molecule has 0 bridgehead atoms. The van der Waals surface area contributed by atoms with Crippen molar-refractivity contribution in [3.8, 4) is 5.69 Å². The number of carboxylic acids is 1. The average molecular weight is 279 g/mol. The van der Waals surface area contributed by atoms with Gasteiger partial charge in [-0.3, -0.25) is 0 Å². The Morgan fingerprint density at radius 2 is 1.90 bits per heavy atom. The van der Waals surface area contributed by atoms with E-state index in [0.29, 0.717) is 0 Å². The Balaban J connectivity index is 1.90. The molecule has 1 aliphatic rings.